The van der Waals surface area contributed by atoms with E-state index >= 15 is 0 Å². The second-order valence-electron chi connectivity index (χ2n) is 34.6. The van der Waals surface area contributed by atoms with Crippen LogP contribution in [0, 0.1) is 0 Å². The minimum Gasteiger partial charge on any atom is -0.394 e. The topological polar surface area (TPSA) is 228 Å². The summed E-state index contributed by atoms with van der Waals surface area (Å²) in [5.74, 6) is -0.193. The second kappa shape index (κ2) is 78.5. The number of carbonyl (C=O) groups is 1. The minimum absolute atomic E-state index is 0.193. The smallest absolute Gasteiger partial charge is 0.220 e. The summed E-state index contributed by atoms with van der Waals surface area (Å²) in [4.78, 5) is 13.5. The van der Waals surface area contributed by atoms with Crippen LogP contribution in [-0.2, 0) is 23.7 Å². The number of ether oxygens (including phenoxy) is 4. The summed E-state index contributed by atoms with van der Waals surface area (Å²) in [6, 6.07) is -0.827. The van der Waals surface area contributed by atoms with Crippen molar-refractivity contribution in [2.45, 2.75) is 575 Å². The highest BCUT2D eigenvalue weighted by molar-refractivity contribution is 5.76. The summed E-state index contributed by atoms with van der Waals surface area (Å²) in [6.07, 6.45) is 85.1. The van der Waals surface area contributed by atoms with Crippen LogP contribution >= 0.6 is 0 Å². The Hall–Kier alpha value is -1.01. The van der Waals surface area contributed by atoms with Crippen molar-refractivity contribution in [1.29, 1.82) is 0 Å². The summed E-state index contributed by atoms with van der Waals surface area (Å²) >= 11 is 0. The molecule has 0 spiro atoms. The third kappa shape index (κ3) is 59.6. The van der Waals surface area contributed by atoms with Crippen molar-refractivity contribution in [1.82, 2.24) is 5.32 Å². The van der Waals surface area contributed by atoms with Crippen LogP contribution in [0.5, 0.6) is 0 Å². The van der Waals surface area contributed by atoms with Gasteiger partial charge in [-0.15, -0.1) is 0 Å². The average Bonchev–Trinajstić information content (AvgIpc) is 0.789. The van der Waals surface area contributed by atoms with E-state index in [1.54, 1.807) is 0 Å². The van der Waals surface area contributed by atoms with Crippen LogP contribution in [0.2, 0.25) is 0 Å². The van der Waals surface area contributed by atoms with Crippen LogP contribution in [0.1, 0.15) is 502 Å². The molecule has 2 aliphatic rings. The van der Waals surface area contributed by atoms with Gasteiger partial charge in [0.15, 0.2) is 12.6 Å². The fraction of sp³-hybridized carbons (Fsp3) is 0.989. The van der Waals surface area contributed by atoms with Gasteiger partial charge in [-0.3, -0.25) is 4.79 Å². The Morgan fingerprint density at radius 1 is 0.296 bits per heavy atom. The van der Waals surface area contributed by atoms with Crippen LogP contribution in [0.3, 0.4) is 0 Å². The monoisotopic (exact) mass is 1540 g/mol. The normalized spacial score (nSPS) is 21.0. The highest BCUT2D eigenvalue weighted by atomic mass is 16.7. The zero-order chi connectivity index (χ0) is 77.9. The molecule has 2 fully saturated rings. The van der Waals surface area contributed by atoms with Gasteiger partial charge in [-0.05, 0) is 12.8 Å². The first-order valence-electron chi connectivity index (χ1n) is 48.3. The molecule has 0 bridgehead atoms. The zero-order valence-corrected chi connectivity index (χ0v) is 71.4. The number of aliphatic hydroxyl groups excluding tert-OH is 8. The van der Waals surface area contributed by atoms with Gasteiger partial charge in [0, 0.05) is 6.42 Å². The fourth-order valence-corrected chi connectivity index (χ4v) is 16.8. The van der Waals surface area contributed by atoms with Crippen molar-refractivity contribution < 1.29 is 64.6 Å². The molecule has 12 atom stereocenters. The average molecular weight is 1540 g/mol. The summed E-state index contributed by atoms with van der Waals surface area (Å²) in [6.45, 7) is 2.97. The van der Waals surface area contributed by atoms with Crippen molar-refractivity contribution in [3.63, 3.8) is 0 Å². The highest BCUT2D eigenvalue weighted by Crippen LogP contribution is 2.31. The third-order valence-electron chi connectivity index (χ3n) is 24.3. The highest BCUT2D eigenvalue weighted by Gasteiger charge is 2.51. The lowest BCUT2D eigenvalue weighted by Gasteiger charge is -2.46. The molecule has 0 saturated carbocycles. The van der Waals surface area contributed by atoms with Crippen LogP contribution in [0.4, 0.5) is 0 Å². The molecule has 2 aliphatic heterocycles. The maximum Gasteiger partial charge on any atom is 0.220 e. The quantitative estimate of drug-likeness (QED) is 0.0259. The number of rotatable bonds is 85. The molecule has 108 heavy (non-hydrogen) atoms. The Balaban J connectivity index is 1.51. The molecule has 2 heterocycles. The van der Waals surface area contributed by atoms with Gasteiger partial charge in [0.05, 0.1) is 32.0 Å². The molecule has 14 nitrogen and oxygen atoms in total. The van der Waals surface area contributed by atoms with Gasteiger partial charge in [-0.1, -0.05) is 483 Å². The number of carbonyl (C=O) groups excluding carboxylic acids is 1. The van der Waals surface area contributed by atoms with Crippen LogP contribution in [0.15, 0.2) is 0 Å². The lowest BCUT2D eigenvalue weighted by molar-refractivity contribution is -0.359. The molecule has 0 aliphatic carbocycles. The van der Waals surface area contributed by atoms with E-state index in [-0.39, 0.29) is 12.5 Å². The molecular formula is C94H185NO13. The van der Waals surface area contributed by atoms with Gasteiger partial charge < -0.3 is 65.1 Å². The van der Waals surface area contributed by atoms with E-state index in [2.05, 4.69) is 19.2 Å². The van der Waals surface area contributed by atoms with Crippen molar-refractivity contribution in [3.8, 4) is 0 Å². The lowest BCUT2D eigenvalue weighted by Crippen LogP contribution is -2.65. The van der Waals surface area contributed by atoms with Crippen molar-refractivity contribution in [2.24, 2.45) is 0 Å². The molecule has 0 radical (unpaired) electrons. The van der Waals surface area contributed by atoms with Gasteiger partial charge in [-0.2, -0.15) is 0 Å². The second-order valence-corrected chi connectivity index (χ2v) is 34.6. The van der Waals surface area contributed by atoms with Crippen LogP contribution in [-0.4, -0.2) is 140 Å². The SMILES string of the molecule is CCCCCCCCCCCCCCCCCCCCCCCCCCCCCCCCCCCCCCCCCCCC(=O)NC(COC1OC(CO)C(OC2OC(CO)C(O)C(O)C2O)C(O)C1O)C(O)CCCCCCCCCCCCCCCCCCCCCCCCCCCCCCCCCCC. The molecule has 14 heteroatoms. The van der Waals surface area contributed by atoms with E-state index in [4.69, 9.17) is 18.9 Å². The number of hydrogen-bond acceptors (Lipinski definition) is 13. The first-order chi connectivity index (χ1) is 53.1. The molecule has 0 aromatic carbocycles. The summed E-state index contributed by atoms with van der Waals surface area (Å²) < 4.78 is 23.1. The minimum atomic E-state index is -1.78. The molecular weight excluding hydrogens is 1350 g/mol. The number of aliphatic hydroxyl groups is 8. The molecule has 2 saturated heterocycles. The Morgan fingerprint density at radius 2 is 0.528 bits per heavy atom. The molecule has 0 aromatic rings. The Kier molecular flexibility index (Phi) is 74.9. The fourth-order valence-electron chi connectivity index (χ4n) is 16.8. The number of amides is 1. The van der Waals surface area contributed by atoms with E-state index in [1.807, 2.05) is 0 Å². The summed E-state index contributed by atoms with van der Waals surface area (Å²) in [5, 5.41) is 88.1. The van der Waals surface area contributed by atoms with Gasteiger partial charge in [0.2, 0.25) is 5.91 Å². The van der Waals surface area contributed by atoms with E-state index in [1.165, 1.54) is 424 Å². The van der Waals surface area contributed by atoms with Crippen molar-refractivity contribution in [3.05, 3.63) is 0 Å². The van der Waals surface area contributed by atoms with Crippen LogP contribution in [0.25, 0.3) is 0 Å². The zero-order valence-electron chi connectivity index (χ0n) is 71.4. The van der Waals surface area contributed by atoms with E-state index in [0.717, 1.165) is 51.4 Å². The predicted molar refractivity (Wildman–Crippen MR) is 453 cm³/mol. The maximum atomic E-state index is 13.5. The first kappa shape index (κ1) is 103. The van der Waals surface area contributed by atoms with Crippen molar-refractivity contribution >= 4 is 5.91 Å². The number of hydrogen-bond donors (Lipinski definition) is 9. The summed E-state index contributed by atoms with van der Waals surface area (Å²) in [5.41, 5.74) is 0. The Morgan fingerprint density at radius 3 is 0.787 bits per heavy atom. The number of nitrogens with one attached hydrogen (secondary N) is 1. The Labute approximate surface area is 667 Å². The van der Waals surface area contributed by atoms with Gasteiger partial charge in [0.25, 0.3) is 0 Å². The van der Waals surface area contributed by atoms with Crippen LogP contribution < -0.4 is 5.32 Å². The standard InChI is InChI=1S/C94H185NO13/c1-3-5-7-9-11-13-15-17-19-21-23-25-27-29-31-33-35-37-38-39-40-41-42-43-44-46-48-50-52-54-56-58-60-62-64-66-68-70-72-74-76-78-86(99)95-82(81-105-93-91(104)89(102)92(85(80-97)107-93)108-94-90(103)88(101)87(100)84(79-96)106-94)83(98)77-75-73-71-69-67-65-63-61-59-57-55-53-51-49-47-45-36-34-32-30-28-26-24-22-20-18-16-14-12-10-8-6-4-2/h82-85,87-94,96-98,100-104H,3-81H2,1-2H3,(H,95,99). The largest absolute Gasteiger partial charge is 0.394 e. The van der Waals surface area contributed by atoms with E-state index in [9.17, 15) is 45.6 Å². The molecule has 9 N–H and O–H groups in total. The lowest BCUT2D eigenvalue weighted by atomic mass is 9.97. The van der Waals surface area contributed by atoms with E-state index < -0.39 is 86.8 Å². The van der Waals surface area contributed by atoms with Gasteiger partial charge >= 0.3 is 0 Å². The van der Waals surface area contributed by atoms with Gasteiger partial charge in [-0.25, -0.2) is 0 Å². The molecule has 1 amide bonds. The van der Waals surface area contributed by atoms with E-state index in [0.29, 0.717) is 12.8 Å². The molecule has 644 valence electrons. The third-order valence-corrected chi connectivity index (χ3v) is 24.3. The van der Waals surface area contributed by atoms with Crippen molar-refractivity contribution in [2.75, 3.05) is 19.8 Å². The first-order valence-corrected chi connectivity index (χ1v) is 48.3. The summed E-state index contributed by atoms with van der Waals surface area (Å²) in [7, 11) is 0. The molecule has 0 aromatic heterocycles. The molecule has 12 unspecified atom stereocenters. The number of unbranched alkanes of at least 4 members (excludes halogenated alkanes) is 72. The maximum absolute atomic E-state index is 13.5. The van der Waals surface area contributed by atoms with Gasteiger partial charge in [0.1, 0.15) is 48.8 Å². The Bertz CT molecular complexity index is 1820. The predicted octanol–water partition coefficient (Wildman–Crippen LogP) is 24.2. The molecule has 2 rings (SSSR count).